The van der Waals surface area contributed by atoms with Crippen LogP contribution < -0.4 is 11.3 Å². The van der Waals surface area contributed by atoms with Crippen molar-refractivity contribution in [3.05, 3.63) is 22.4 Å². The standard InChI is InChI=1S/C15H21N3O/c1-9-13(16)14(19)18(8-17-9)15-5-10-2-11(6-15)4-12(3-10)7-15/h8,10-12H,2-7,16H2,1H3. The monoisotopic (exact) mass is 259 g/mol. The summed E-state index contributed by atoms with van der Waals surface area (Å²) >= 11 is 0. The summed E-state index contributed by atoms with van der Waals surface area (Å²) in [5.74, 6) is 2.46. The number of nitrogens with zero attached hydrogens (tertiary/aromatic N) is 2. The summed E-state index contributed by atoms with van der Waals surface area (Å²) in [4.78, 5) is 16.8. The molecule has 0 atom stereocenters. The van der Waals surface area contributed by atoms with E-state index in [0.717, 1.165) is 37.0 Å². The van der Waals surface area contributed by atoms with Gasteiger partial charge in [0.1, 0.15) is 5.69 Å². The Morgan fingerprint density at radius 2 is 1.74 bits per heavy atom. The number of aromatic nitrogens is 2. The van der Waals surface area contributed by atoms with Crippen LogP contribution in [0.25, 0.3) is 0 Å². The zero-order valence-electron chi connectivity index (χ0n) is 11.4. The SMILES string of the molecule is Cc1ncn(C23CC4CC(CC(C4)C2)C3)c(=O)c1N. The van der Waals surface area contributed by atoms with Gasteiger partial charge in [-0.1, -0.05) is 0 Å². The summed E-state index contributed by atoms with van der Waals surface area (Å²) in [6.45, 7) is 1.81. The fraction of sp³-hybridized carbons (Fsp3) is 0.733. The highest BCUT2D eigenvalue weighted by Crippen LogP contribution is 2.58. The van der Waals surface area contributed by atoms with Crippen LogP contribution in [0.4, 0.5) is 5.69 Å². The van der Waals surface area contributed by atoms with Crippen molar-refractivity contribution in [2.45, 2.75) is 51.0 Å². The minimum Gasteiger partial charge on any atom is -0.393 e. The second-order valence-electron chi connectivity index (χ2n) is 7.06. The molecule has 2 N–H and O–H groups in total. The highest BCUT2D eigenvalue weighted by atomic mass is 16.1. The van der Waals surface area contributed by atoms with Crippen LogP contribution >= 0.6 is 0 Å². The predicted octanol–water partition coefficient (Wildman–Crippen LogP) is 2.06. The quantitative estimate of drug-likeness (QED) is 0.839. The molecule has 4 fully saturated rings. The highest BCUT2D eigenvalue weighted by molar-refractivity contribution is 5.39. The Morgan fingerprint density at radius 3 is 2.26 bits per heavy atom. The molecule has 102 valence electrons. The largest absolute Gasteiger partial charge is 0.393 e. The molecule has 4 saturated carbocycles. The van der Waals surface area contributed by atoms with Gasteiger partial charge in [0.2, 0.25) is 0 Å². The fourth-order valence-electron chi connectivity index (χ4n) is 5.25. The number of hydrogen-bond acceptors (Lipinski definition) is 3. The molecule has 1 heterocycles. The Hall–Kier alpha value is -1.32. The molecule has 4 nitrogen and oxygen atoms in total. The van der Waals surface area contributed by atoms with Crippen LogP contribution in [-0.2, 0) is 5.54 Å². The molecular formula is C15H21N3O. The summed E-state index contributed by atoms with van der Waals surface area (Å²) in [5.41, 5.74) is 6.91. The van der Waals surface area contributed by atoms with Gasteiger partial charge in [0, 0.05) is 5.54 Å². The third kappa shape index (κ3) is 1.52. The number of rotatable bonds is 1. The highest BCUT2D eigenvalue weighted by Gasteiger charge is 2.52. The molecule has 5 rings (SSSR count). The van der Waals surface area contributed by atoms with Crippen molar-refractivity contribution in [2.24, 2.45) is 17.8 Å². The maximum absolute atomic E-state index is 12.5. The smallest absolute Gasteiger partial charge is 0.277 e. The summed E-state index contributed by atoms with van der Waals surface area (Å²) in [6.07, 6.45) is 9.35. The number of nitrogens with two attached hydrogens (primary N) is 1. The molecule has 0 spiro atoms. The lowest BCUT2D eigenvalue weighted by Gasteiger charge is -2.57. The molecule has 0 aromatic carbocycles. The third-order valence-electron chi connectivity index (χ3n) is 5.72. The van der Waals surface area contributed by atoms with E-state index in [2.05, 4.69) is 4.98 Å². The van der Waals surface area contributed by atoms with Gasteiger partial charge in [-0.3, -0.25) is 9.36 Å². The zero-order chi connectivity index (χ0) is 13.2. The third-order valence-corrected chi connectivity index (χ3v) is 5.72. The van der Waals surface area contributed by atoms with Gasteiger partial charge in [-0.25, -0.2) is 4.98 Å². The van der Waals surface area contributed by atoms with Crippen molar-refractivity contribution in [1.82, 2.24) is 9.55 Å². The topological polar surface area (TPSA) is 60.9 Å². The molecule has 1 aromatic heterocycles. The van der Waals surface area contributed by atoms with Crippen LogP contribution in [-0.4, -0.2) is 9.55 Å². The summed E-state index contributed by atoms with van der Waals surface area (Å²) in [7, 11) is 0. The van der Waals surface area contributed by atoms with Crippen molar-refractivity contribution in [3.63, 3.8) is 0 Å². The minimum absolute atomic E-state index is 0.0190. The lowest BCUT2D eigenvalue weighted by molar-refractivity contribution is -0.0452. The van der Waals surface area contributed by atoms with Crippen molar-refractivity contribution in [2.75, 3.05) is 5.73 Å². The van der Waals surface area contributed by atoms with E-state index in [4.69, 9.17) is 5.73 Å². The van der Waals surface area contributed by atoms with Gasteiger partial charge in [0.05, 0.1) is 12.0 Å². The Labute approximate surface area is 113 Å². The first kappa shape index (κ1) is 11.5. The summed E-state index contributed by atoms with van der Waals surface area (Å²) < 4.78 is 1.89. The molecule has 0 saturated heterocycles. The normalized spacial score (nSPS) is 39.7. The van der Waals surface area contributed by atoms with Crippen molar-refractivity contribution in [3.8, 4) is 0 Å². The molecule has 0 unspecified atom stereocenters. The molecule has 19 heavy (non-hydrogen) atoms. The van der Waals surface area contributed by atoms with E-state index in [1.54, 1.807) is 13.3 Å². The number of nitrogen functional groups attached to an aromatic ring is 1. The minimum atomic E-state index is -0.0190. The first-order valence-electron chi connectivity index (χ1n) is 7.41. The van der Waals surface area contributed by atoms with Crippen LogP contribution in [0, 0.1) is 24.7 Å². The van der Waals surface area contributed by atoms with Crippen molar-refractivity contribution in [1.29, 1.82) is 0 Å². The second kappa shape index (κ2) is 3.62. The molecule has 4 aliphatic carbocycles. The van der Waals surface area contributed by atoms with Gasteiger partial charge >= 0.3 is 0 Å². The predicted molar refractivity (Wildman–Crippen MR) is 73.8 cm³/mol. The molecule has 4 heteroatoms. The molecule has 1 aromatic rings. The number of hydrogen-bond donors (Lipinski definition) is 1. The Kier molecular flexibility index (Phi) is 2.19. The maximum atomic E-state index is 12.5. The van der Waals surface area contributed by atoms with Crippen molar-refractivity contribution < 1.29 is 0 Å². The molecule has 0 aliphatic heterocycles. The van der Waals surface area contributed by atoms with E-state index in [-0.39, 0.29) is 11.1 Å². The van der Waals surface area contributed by atoms with Crippen LogP contribution in [0.2, 0.25) is 0 Å². The van der Waals surface area contributed by atoms with E-state index >= 15 is 0 Å². The maximum Gasteiger partial charge on any atom is 0.277 e. The Bertz CT molecular complexity index is 554. The number of aryl methyl sites for hydroxylation is 1. The Balaban J connectivity index is 1.84. The van der Waals surface area contributed by atoms with Gasteiger partial charge in [0.25, 0.3) is 5.56 Å². The van der Waals surface area contributed by atoms with Crippen molar-refractivity contribution >= 4 is 5.69 Å². The van der Waals surface area contributed by atoms with Gasteiger partial charge in [-0.2, -0.15) is 0 Å². The van der Waals surface area contributed by atoms with Gasteiger partial charge in [-0.05, 0) is 63.2 Å². The average Bonchev–Trinajstić information content (AvgIpc) is 2.34. The van der Waals surface area contributed by atoms with Gasteiger partial charge in [-0.15, -0.1) is 0 Å². The summed E-state index contributed by atoms with van der Waals surface area (Å²) in [5, 5.41) is 0. The first-order chi connectivity index (χ1) is 9.07. The van der Waals surface area contributed by atoms with E-state index in [1.165, 1.54) is 19.3 Å². The molecular weight excluding hydrogens is 238 g/mol. The van der Waals surface area contributed by atoms with E-state index < -0.39 is 0 Å². The fourth-order valence-corrected chi connectivity index (χ4v) is 5.25. The van der Waals surface area contributed by atoms with E-state index in [1.807, 2.05) is 4.57 Å². The lowest BCUT2D eigenvalue weighted by Crippen LogP contribution is -2.54. The molecule has 4 aliphatic rings. The van der Waals surface area contributed by atoms with E-state index in [0.29, 0.717) is 11.4 Å². The first-order valence-corrected chi connectivity index (χ1v) is 7.41. The van der Waals surface area contributed by atoms with Gasteiger partial charge in [0.15, 0.2) is 0 Å². The second-order valence-corrected chi connectivity index (χ2v) is 7.06. The van der Waals surface area contributed by atoms with E-state index in [9.17, 15) is 4.79 Å². The van der Waals surface area contributed by atoms with Crippen LogP contribution in [0.5, 0.6) is 0 Å². The molecule has 0 radical (unpaired) electrons. The Morgan fingerprint density at radius 1 is 1.21 bits per heavy atom. The van der Waals surface area contributed by atoms with Crippen LogP contribution in [0.15, 0.2) is 11.1 Å². The van der Waals surface area contributed by atoms with Gasteiger partial charge < -0.3 is 5.73 Å². The number of anilines is 1. The van der Waals surface area contributed by atoms with Crippen LogP contribution in [0.3, 0.4) is 0 Å². The molecule has 4 bridgehead atoms. The molecule has 0 amide bonds. The van der Waals surface area contributed by atoms with Crippen LogP contribution in [0.1, 0.15) is 44.2 Å². The zero-order valence-corrected chi connectivity index (χ0v) is 11.4. The summed E-state index contributed by atoms with van der Waals surface area (Å²) in [6, 6.07) is 0. The average molecular weight is 259 g/mol. The lowest BCUT2D eigenvalue weighted by atomic mass is 9.53.